The number of nitrogens with two attached hydrogens (primary N) is 1. The molecule has 0 saturated carbocycles. The molecule has 0 fully saturated rings. The first-order chi connectivity index (χ1) is 9.75. The van der Waals surface area contributed by atoms with Gasteiger partial charge in [-0.1, -0.05) is 11.6 Å². The Labute approximate surface area is 123 Å². The first-order valence-electron chi connectivity index (χ1n) is 6.38. The summed E-state index contributed by atoms with van der Waals surface area (Å²) < 4.78 is 30.1. The molecule has 2 N–H and O–H groups in total. The summed E-state index contributed by atoms with van der Waals surface area (Å²) in [4.78, 5) is 0. The standard InChI is InChI=1S/C13H18N4O3S/c1-8(2)17-12(15-16-13(17)21(14,18)19)10-7-9(3)5-6-11(10)20-4/h5-8H,1-4H3,(H2,14,18,19). The zero-order valence-corrected chi connectivity index (χ0v) is 13.2. The Bertz CT molecular complexity index is 766. The predicted molar refractivity (Wildman–Crippen MR) is 78.5 cm³/mol. The SMILES string of the molecule is COc1ccc(C)cc1-c1nnc(S(N)(=O)=O)n1C(C)C. The first kappa shape index (κ1) is 15.5. The van der Waals surface area contributed by atoms with Crippen molar-refractivity contribution in [2.45, 2.75) is 32.0 Å². The fourth-order valence-electron chi connectivity index (χ4n) is 2.12. The lowest BCUT2D eigenvalue weighted by Crippen LogP contribution is -2.20. The maximum Gasteiger partial charge on any atom is 0.273 e. The summed E-state index contributed by atoms with van der Waals surface area (Å²) in [6.07, 6.45) is 0. The van der Waals surface area contributed by atoms with Gasteiger partial charge in [-0.05, 0) is 32.9 Å². The Morgan fingerprint density at radius 3 is 2.48 bits per heavy atom. The molecule has 0 saturated heterocycles. The van der Waals surface area contributed by atoms with Crippen LogP contribution >= 0.6 is 0 Å². The molecular formula is C13H18N4O3S. The third kappa shape index (κ3) is 2.91. The number of aryl methyl sites for hydroxylation is 1. The summed E-state index contributed by atoms with van der Waals surface area (Å²) in [5.74, 6) is 1.01. The molecule has 0 spiro atoms. The number of sulfonamides is 1. The number of aromatic nitrogens is 3. The van der Waals surface area contributed by atoms with E-state index in [1.165, 1.54) is 4.57 Å². The number of benzene rings is 1. The summed E-state index contributed by atoms with van der Waals surface area (Å²) in [7, 11) is -2.40. The van der Waals surface area contributed by atoms with Gasteiger partial charge in [-0.15, -0.1) is 10.2 Å². The van der Waals surface area contributed by atoms with Crippen molar-refractivity contribution in [3.8, 4) is 17.1 Å². The van der Waals surface area contributed by atoms with Gasteiger partial charge in [-0.3, -0.25) is 4.57 Å². The molecule has 1 heterocycles. The highest BCUT2D eigenvalue weighted by Crippen LogP contribution is 2.32. The van der Waals surface area contributed by atoms with E-state index in [-0.39, 0.29) is 11.2 Å². The van der Waals surface area contributed by atoms with Crippen LogP contribution < -0.4 is 9.88 Å². The number of methoxy groups -OCH3 is 1. The average molecular weight is 310 g/mol. The van der Waals surface area contributed by atoms with Gasteiger partial charge in [0.2, 0.25) is 0 Å². The zero-order chi connectivity index (χ0) is 15.8. The van der Waals surface area contributed by atoms with Crippen LogP contribution in [0.3, 0.4) is 0 Å². The number of rotatable bonds is 4. The molecule has 1 aromatic carbocycles. The summed E-state index contributed by atoms with van der Waals surface area (Å²) in [6, 6.07) is 5.41. The number of nitrogens with zero attached hydrogens (tertiary/aromatic N) is 3. The van der Waals surface area contributed by atoms with E-state index in [1.807, 2.05) is 32.9 Å². The second kappa shape index (κ2) is 5.45. The number of hydrogen-bond acceptors (Lipinski definition) is 5. The lowest BCUT2D eigenvalue weighted by molar-refractivity contribution is 0.415. The van der Waals surface area contributed by atoms with E-state index in [2.05, 4.69) is 10.2 Å². The van der Waals surface area contributed by atoms with Gasteiger partial charge in [-0.2, -0.15) is 0 Å². The summed E-state index contributed by atoms with van der Waals surface area (Å²) >= 11 is 0. The largest absolute Gasteiger partial charge is 0.496 e. The topological polar surface area (TPSA) is 100 Å². The number of hydrogen-bond donors (Lipinski definition) is 1. The molecule has 0 aliphatic carbocycles. The van der Waals surface area contributed by atoms with E-state index in [4.69, 9.17) is 9.88 Å². The van der Waals surface area contributed by atoms with Crippen molar-refractivity contribution in [1.29, 1.82) is 0 Å². The van der Waals surface area contributed by atoms with Gasteiger partial charge in [-0.25, -0.2) is 13.6 Å². The van der Waals surface area contributed by atoms with Crippen molar-refractivity contribution in [3.63, 3.8) is 0 Å². The fraction of sp³-hybridized carbons (Fsp3) is 0.385. The maximum atomic E-state index is 11.6. The second-order valence-corrected chi connectivity index (χ2v) is 6.47. The first-order valence-corrected chi connectivity index (χ1v) is 7.93. The quantitative estimate of drug-likeness (QED) is 0.922. The smallest absolute Gasteiger partial charge is 0.273 e. The van der Waals surface area contributed by atoms with Crippen LogP contribution in [0.4, 0.5) is 0 Å². The summed E-state index contributed by atoms with van der Waals surface area (Å²) in [5, 5.41) is 12.7. The highest BCUT2D eigenvalue weighted by molar-refractivity contribution is 7.89. The third-order valence-corrected chi connectivity index (χ3v) is 3.82. The van der Waals surface area contributed by atoms with Crippen molar-refractivity contribution in [2.24, 2.45) is 5.14 Å². The van der Waals surface area contributed by atoms with E-state index in [0.29, 0.717) is 17.1 Å². The van der Waals surface area contributed by atoms with Crippen LogP contribution in [0.15, 0.2) is 23.4 Å². The van der Waals surface area contributed by atoms with Crippen molar-refractivity contribution >= 4 is 10.0 Å². The van der Waals surface area contributed by atoms with Crippen molar-refractivity contribution in [1.82, 2.24) is 14.8 Å². The molecule has 0 radical (unpaired) electrons. The van der Waals surface area contributed by atoms with E-state index in [0.717, 1.165) is 5.56 Å². The second-order valence-electron chi connectivity index (χ2n) is 5.02. The molecule has 0 unspecified atom stereocenters. The van der Waals surface area contributed by atoms with Crippen LogP contribution in [0.5, 0.6) is 5.75 Å². The van der Waals surface area contributed by atoms with Crippen LogP contribution in [0.1, 0.15) is 25.5 Å². The van der Waals surface area contributed by atoms with Gasteiger partial charge in [0, 0.05) is 6.04 Å². The summed E-state index contributed by atoms with van der Waals surface area (Å²) in [5.41, 5.74) is 1.68. The van der Waals surface area contributed by atoms with Crippen LogP contribution in [0, 0.1) is 6.92 Å². The van der Waals surface area contributed by atoms with E-state index in [9.17, 15) is 8.42 Å². The highest BCUT2D eigenvalue weighted by atomic mass is 32.2. The molecule has 0 bridgehead atoms. The molecule has 0 atom stereocenters. The monoisotopic (exact) mass is 310 g/mol. The molecule has 7 nitrogen and oxygen atoms in total. The van der Waals surface area contributed by atoms with Crippen molar-refractivity contribution in [2.75, 3.05) is 7.11 Å². The normalized spacial score (nSPS) is 11.9. The lowest BCUT2D eigenvalue weighted by atomic mass is 10.1. The Balaban J connectivity index is 2.77. The predicted octanol–water partition coefficient (Wildman–Crippen LogP) is 1.49. The average Bonchev–Trinajstić information content (AvgIpc) is 2.83. The van der Waals surface area contributed by atoms with Gasteiger partial charge in [0.05, 0.1) is 12.7 Å². The Kier molecular flexibility index (Phi) is 4.02. The molecular weight excluding hydrogens is 292 g/mol. The molecule has 2 rings (SSSR count). The van der Waals surface area contributed by atoms with E-state index in [1.54, 1.807) is 13.2 Å². The van der Waals surface area contributed by atoms with Crippen LogP contribution in [0.2, 0.25) is 0 Å². The molecule has 0 aliphatic rings. The molecule has 21 heavy (non-hydrogen) atoms. The highest BCUT2D eigenvalue weighted by Gasteiger charge is 2.25. The Morgan fingerprint density at radius 1 is 1.29 bits per heavy atom. The molecule has 0 aliphatic heterocycles. The van der Waals surface area contributed by atoms with Crippen molar-refractivity contribution < 1.29 is 13.2 Å². The third-order valence-electron chi connectivity index (χ3n) is 3.03. The van der Waals surface area contributed by atoms with E-state index >= 15 is 0 Å². The molecule has 1 aromatic heterocycles. The molecule has 0 amide bonds. The van der Waals surface area contributed by atoms with Crippen LogP contribution in [-0.2, 0) is 10.0 Å². The zero-order valence-electron chi connectivity index (χ0n) is 12.4. The van der Waals surface area contributed by atoms with Crippen LogP contribution in [-0.4, -0.2) is 30.3 Å². The van der Waals surface area contributed by atoms with Gasteiger partial charge in [0.25, 0.3) is 15.2 Å². The number of primary sulfonamides is 1. The van der Waals surface area contributed by atoms with Gasteiger partial charge < -0.3 is 4.74 Å². The van der Waals surface area contributed by atoms with Crippen LogP contribution in [0.25, 0.3) is 11.4 Å². The minimum Gasteiger partial charge on any atom is -0.496 e. The minimum atomic E-state index is -3.95. The fourth-order valence-corrected chi connectivity index (χ4v) is 2.84. The van der Waals surface area contributed by atoms with Crippen molar-refractivity contribution in [3.05, 3.63) is 23.8 Å². The molecule has 114 valence electrons. The van der Waals surface area contributed by atoms with E-state index < -0.39 is 10.0 Å². The molecule has 8 heteroatoms. The number of ether oxygens (including phenoxy) is 1. The Morgan fingerprint density at radius 2 is 1.95 bits per heavy atom. The minimum absolute atomic E-state index is 0.173. The molecule has 2 aromatic rings. The maximum absolute atomic E-state index is 11.6. The Hall–Kier alpha value is -1.93. The lowest BCUT2D eigenvalue weighted by Gasteiger charge is -2.15. The van der Waals surface area contributed by atoms with Gasteiger partial charge in [0.1, 0.15) is 5.75 Å². The van der Waals surface area contributed by atoms with Gasteiger partial charge in [0.15, 0.2) is 5.82 Å². The van der Waals surface area contributed by atoms with Gasteiger partial charge >= 0.3 is 0 Å². The summed E-state index contributed by atoms with van der Waals surface area (Å²) in [6.45, 7) is 5.60.